The number of hydrogen-bond acceptors (Lipinski definition) is 0. The summed E-state index contributed by atoms with van der Waals surface area (Å²) in [6, 6.07) is 0. The summed E-state index contributed by atoms with van der Waals surface area (Å²) in [5.74, 6) is 0. The summed E-state index contributed by atoms with van der Waals surface area (Å²) < 4.78 is 0. The molecule has 0 aromatic carbocycles. The van der Waals surface area contributed by atoms with E-state index >= 15 is 0 Å². The lowest BCUT2D eigenvalue weighted by Crippen LogP contribution is -2.01. The van der Waals surface area contributed by atoms with E-state index in [0.29, 0.717) is 0 Å². The highest BCUT2D eigenvalue weighted by molar-refractivity contribution is 5.32. The minimum absolute atomic E-state index is 1.19. The zero-order valence-electron chi connectivity index (χ0n) is 7.11. The van der Waals surface area contributed by atoms with E-state index in [2.05, 4.69) is 18.1 Å². The Labute approximate surface area is 67.8 Å². The topological polar surface area (TPSA) is 15.8 Å². The van der Waals surface area contributed by atoms with Crippen molar-refractivity contribution in [2.45, 2.75) is 39.0 Å². The van der Waals surface area contributed by atoms with E-state index in [9.17, 15) is 0 Å². The number of fused-ring (bicyclic) bond motifs is 1. The third-order valence-electron chi connectivity index (χ3n) is 2.66. The number of aryl methyl sites for hydroxylation is 2. The molecule has 1 heterocycles. The number of hydrogen-bond donors (Lipinski definition) is 1. The van der Waals surface area contributed by atoms with Gasteiger partial charge in [-0.25, -0.2) is 0 Å². The van der Waals surface area contributed by atoms with E-state index in [-0.39, 0.29) is 0 Å². The van der Waals surface area contributed by atoms with E-state index in [0.717, 1.165) is 0 Å². The fourth-order valence-electron chi connectivity index (χ4n) is 2.00. The highest BCUT2D eigenvalue weighted by Crippen LogP contribution is 2.23. The van der Waals surface area contributed by atoms with Gasteiger partial charge in [0.25, 0.3) is 0 Å². The van der Waals surface area contributed by atoms with Crippen LogP contribution in [0.15, 0.2) is 6.20 Å². The number of H-pyrrole nitrogens is 1. The van der Waals surface area contributed by atoms with Gasteiger partial charge in [0.1, 0.15) is 0 Å². The normalized spacial score (nSPS) is 16.5. The van der Waals surface area contributed by atoms with E-state index < -0.39 is 0 Å². The van der Waals surface area contributed by atoms with Crippen molar-refractivity contribution < 1.29 is 0 Å². The summed E-state index contributed by atoms with van der Waals surface area (Å²) in [7, 11) is 0. The molecule has 0 aliphatic heterocycles. The van der Waals surface area contributed by atoms with Crippen LogP contribution in [-0.2, 0) is 19.3 Å². The van der Waals surface area contributed by atoms with E-state index in [1.165, 1.54) is 37.8 Å². The molecule has 0 radical (unpaired) electrons. The summed E-state index contributed by atoms with van der Waals surface area (Å²) in [6.07, 6.45) is 8.72. The Bertz CT molecular complexity index is 234. The van der Waals surface area contributed by atoms with Crippen molar-refractivity contribution in [1.82, 2.24) is 4.98 Å². The van der Waals surface area contributed by atoms with Gasteiger partial charge in [0.2, 0.25) is 0 Å². The van der Waals surface area contributed by atoms with Gasteiger partial charge in [-0.2, -0.15) is 0 Å². The molecule has 0 bridgehead atoms. The molecule has 2 rings (SSSR count). The molecular formula is C10H15N. The summed E-state index contributed by atoms with van der Waals surface area (Å²) in [6.45, 7) is 2.23. The molecule has 1 heteroatoms. The SMILES string of the molecule is CCc1c[nH]c2c1CCCC2. The molecule has 0 saturated heterocycles. The summed E-state index contributed by atoms with van der Waals surface area (Å²) in [5.41, 5.74) is 4.67. The fourth-order valence-corrected chi connectivity index (χ4v) is 2.00. The Balaban J connectivity index is 2.38. The van der Waals surface area contributed by atoms with Crippen LogP contribution in [0.3, 0.4) is 0 Å². The Morgan fingerprint density at radius 1 is 1.36 bits per heavy atom. The summed E-state index contributed by atoms with van der Waals surface area (Å²) in [4.78, 5) is 3.38. The average Bonchev–Trinajstić information content (AvgIpc) is 2.47. The minimum atomic E-state index is 1.19. The molecule has 0 spiro atoms. The maximum atomic E-state index is 3.38. The Kier molecular flexibility index (Phi) is 1.72. The van der Waals surface area contributed by atoms with Gasteiger partial charge in [0, 0.05) is 11.9 Å². The van der Waals surface area contributed by atoms with Gasteiger partial charge in [-0.1, -0.05) is 6.92 Å². The third kappa shape index (κ3) is 1.09. The molecule has 60 valence electrons. The Morgan fingerprint density at radius 2 is 2.18 bits per heavy atom. The lowest BCUT2D eigenvalue weighted by Gasteiger charge is -2.11. The standard InChI is InChI=1S/C10H15N/c1-2-8-7-11-10-6-4-3-5-9(8)10/h7,11H,2-6H2,1H3. The molecule has 0 fully saturated rings. The van der Waals surface area contributed by atoms with Crippen LogP contribution in [0.2, 0.25) is 0 Å². The van der Waals surface area contributed by atoms with Crippen molar-refractivity contribution in [2.24, 2.45) is 0 Å². The molecule has 1 aromatic rings. The van der Waals surface area contributed by atoms with Gasteiger partial charge >= 0.3 is 0 Å². The maximum absolute atomic E-state index is 3.38. The smallest absolute Gasteiger partial charge is 0.0182 e. The predicted octanol–water partition coefficient (Wildman–Crippen LogP) is 2.46. The van der Waals surface area contributed by atoms with Crippen LogP contribution in [0.5, 0.6) is 0 Å². The first-order valence-corrected chi connectivity index (χ1v) is 4.60. The number of rotatable bonds is 1. The lowest BCUT2D eigenvalue weighted by molar-refractivity contribution is 0.673. The Morgan fingerprint density at radius 3 is 3.00 bits per heavy atom. The van der Waals surface area contributed by atoms with Gasteiger partial charge in [0.05, 0.1) is 0 Å². The molecule has 0 unspecified atom stereocenters. The Hall–Kier alpha value is -0.720. The van der Waals surface area contributed by atoms with E-state index in [1.54, 1.807) is 11.1 Å². The number of aromatic nitrogens is 1. The molecule has 0 atom stereocenters. The molecule has 0 amide bonds. The van der Waals surface area contributed by atoms with Crippen molar-refractivity contribution in [3.05, 3.63) is 23.0 Å². The first-order chi connectivity index (χ1) is 5.42. The molecule has 1 aliphatic rings. The highest BCUT2D eigenvalue weighted by atomic mass is 14.7. The van der Waals surface area contributed by atoms with Crippen LogP contribution in [0, 0.1) is 0 Å². The third-order valence-corrected chi connectivity index (χ3v) is 2.66. The zero-order valence-corrected chi connectivity index (χ0v) is 7.11. The monoisotopic (exact) mass is 149 g/mol. The van der Waals surface area contributed by atoms with Gasteiger partial charge in [0.15, 0.2) is 0 Å². The zero-order chi connectivity index (χ0) is 7.68. The minimum Gasteiger partial charge on any atom is -0.364 e. The van der Waals surface area contributed by atoms with Gasteiger partial charge in [-0.05, 0) is 43.2 Å². The molecule has 1 aromatic heterocycles. The first-order valence-electron chi connectivity index (χ1n) is 4.60. The van der Waals surface area contributed by atoms with Crippen LogP contribution in [0.25, 0.3) is 0 Å². The first kappa shape index (κ1) is 6.96. The van der Waals surface area contributed by atoms with Crippen molar-refractivity contribution in [1.29, 1.82) is 0 Å². The number of nitrogens with one attached hydrogen (secondary N) is 1. The van der Waals surface area contributed by atoms with Gasteiger partial charge in [-0.3, -0.25) is 0 Å². The lowest BCUT2D eigenvalue weighted by atomic mass is 9.94. The van der Waals surface area contributed by atoms with Crippen molar-refractivity contribution in [3.8, 4) is 0 Å². The van der Waals surface area contributed by atoms with Crippen LogP contribution < -0.4 is 0 Å². The van der Waals surface area contributed by atoms with Crippen LogP contribution in [-0.4, -0.2) is 4.98 Å². The molecule has 1 aliphatic carbocycles. The molecule has 1 N–H and O–H groups in total. The second kappa shape index (κ2) is 2.72. The fraction of sp³-hybridized carbons (Fsp3) is 0.600. The largest absolute Gasteiger partial charge is 0.364 e. The van der Waals surface area contributed by atoms with Crippen LogP contribution in [0.4, 0.5) is 0 Å². The average molecular weight is 149 g/mol. The van der Waals surface area contributed by atoms with Crippen molar-refractivity contribution in [2.75, 3.05) is 0 Å². The van der Waals surface area contributed by atoms with Crippen molar-refractivity contribution >= 4 is 0 Å². The quantitative estimate of drug-likeness (QED) is 0.631. The van der Waals surface area contributed by atoms with E-state index in [1.807, 2.05) is 0 Å². The molecular weight excluding hydrogens is 134 g/mol. The highest BCUT2D eigenvalue weighted by Gasteiger charge is 2.13. The van der Waals surface area contributed by atoms with Gasteiger partial charge in [-0.15, -0.1) is 0 Å². The van der Waals surface area contributed by atoms with Crippen LogP contribution in [0.1, 0.15) is 36.6 Å². The van der Waals surface area contributed by atoms with E-state index in [4.69, 9.17) is 0 Å². The summed E-state index contributed by atoms with van der Waals surface area (Å²) in [5, 5.41) is 0. The molecule has 1 nitrogen and oxygen atoms in total. The van der Waals surface area contributed by atoms with Gasteiger partial charge < -0.3 is 4.98 Å². The van der Waals surface area contributed by atoms with Crippen molar-refractivity contribution in [3.63, 3.8) is 0 Å². The second-order valence-corrected chi connectivity index (χ2v) is 3.33. The molecule has 11 heavy (non-hydrogen) atoms. The predicted molar refractivity (Wildman–Crippen MR) is 46.8 cm³/mol. The van der Waals surface area contributed by atoms with Crippen LogP contribution >= 0.6 is 0 Å². The molecule has 0 saturated carbocycles. The second-order valence-electron chi connectivity index (χ2n) is 3.33. The maximum Gasteiger partial charge on any atom is 0.0182 e. The number of aromatic amines is 1. The summed E-state index contributed by atoms with van der Waals surface area (Å²) >= 11 is 0.